The zero-order valence-electron chi connectivity index (χ0n) is 17.0. The largest absolute Gasteiger partial charge is 0.508 e. The summed E-state index contributed by atoms with van der Waals surface area (Å²) in [5.74, 6) is -0.0209. The number of carbonyl (C=O) groups is 1. The maximum Gasteiger partial charge on any atom is 0.188 e. The van der Waals surface area contributed by atoms with E-state index in [1.807, 2.05) is 6.92 Å². The first kappa shape index (κ1) is 20.2. The fraction of sp³-hybridized carbons (Fsp3) is 0.120. The van der Waals surface area contributed by atoms with Crippen molar-refractivity contribution in [3.8, 4) is 39.8 Å². The molecule has 0 unspecified atom stereocenters. The molecule has 31 heavy (non-hydrogen) atoms. The molecule has 1 heterocycles. The Morgan fingerprint density at radius 2 is 1.42 bits per heavy atom. The van der Waals surface area contributed by atoms with E-state index in [0.717, 1.165) is 28.1 Å². The van der Waals surface area contributed by atoms with Gasteiger partial charge in [0.2, 0.25) is 0 Å². The Morgan fingerprint density at radius 3 is 2.00 bits per heavy atom. The van der Waals surface area contributed by atoms with Gasteiger partial charge in [0.1, 0.15) is 23.8 Å². The quantitative estimate of drug-likeness (QED) is 0.395. The summed E-state index contributed by atoms with van der Waals surface area (Å²) in [5.41, 5.74) is 4.31. The summed E-state index contributed by atoms with van der Waals surface area (Å²) in [4.78, 5) is 13.0. The molecule has 0 spiro atoms. The fourth-order valence-corrected chi connectivity index (χ4v) is 3.67. The summed E-state index contributed by atoms with van der Waals surface area (Å²) in [6.07, 6.45) is 0.664. The molecule has 0 fully saturated rings. The molecular weight excluding hydrogens is 392 g/mol. The predicted molar refractivity (Wildman–Crippen MR) is 118 cm³/mol. The van der Waals surface area contributed by atoms with Gasteiger partial charge in [-0.25, -0.2) is 0 Å². The van der Waals surface area contributed by atoms with Crippen molar-refractivity contribution in [2.45, 2.75) is 19.9 Å². The van der Waals surface area contributed by atoms with Crippen molar-refractivity contribution in [1.29, 1.82) is 0 Å². The van der Waals surface area contributed by atoms with Crippen molar-refractivity contribution in [1.82, 2.24) is 9.78 Å². The lowest BCUT2D eigenvalue weighted by molar-refractivity contribution is 0.0966. The number of hydrogen-bond donors (Lipinski definition) is 3. The Balaban J connectivity index is 1.86. The molecule has 0 radical (unpaired) electrons. The molecule has 0 amide bonds. The molecule has 3 N–H and O–H groups in total. The van der Waals surface area contributed by atoms with Crippen LogP contribution in [0.2, 0.25) is 0 Å². The maximum atomic E-state index is 13.0. The van der Waals surface area contributed by atoms with Gasteiger partial charge >= 0.3 is 0 Å². The van der Waals surface area contributed by atoms with Crippen LogP contribution in [0.3, 0.4) is 0 Å². The number of phenols is 3. The number of ketones is 1. The van der Waals surface area contributed by atoms with E-state index in [9.17, 15) is 20.1 Å². The number of rotatable bonds is 6. The van der Waals surface area contributed by atoms with E-state index in [1.54, 1.807) is 71.4 Å². The molecule has 1 aromatic heterocycles. The van der Waals surface area contributed by atoms with Crippen LogP contribution in [0.5, 0.6) is 17.2 Å². The van der Waals surface area contributed by atoms with Crippen LogP contribution in [0.4, 0.5) is 0 Å². The van der Waals surface area contributed by atoms with Crippen LogP contribution >= 0.6 is 0 Å². The van der Waals surface area contributed by atoms with Gasteiger partial charge in [-0.3, -0.25) is 9.48 Å². The highest BCUT2D eigenvalue weighted by Crippen LogP contribution is 2.34. The average Bonchev–Trinajstić information content (AvgIpc) is 3.13. The summed E-state index contributed by atoms with van der Waals surface area (Å²) >= 11 is 0. The minimum absolute atomic E-state index is 0.0567. The van der Waals surface area contributed by atoms with Crippen LogP contribution < -0.4 is 0 Å². The second-order valence-electron chi connectivity index (χ2n) is 7.22. The molecule has 4 rings (SSSR count). The molecule has 156 valence electrons. The smallest absolute Gasteiger partial charge is 0.188 e. The molecule has 0 aliphatic rings. The van der Waals surface area contributed by atoms with Gasteiger partial charge in [-0.2, -0.15) is 5.10 Å². The Bertz CT molecular complexity index is 1230. The Morgan fingerprint density at radius 1 is 0.839 bits per heavy atom. The van der Waals surface area contributed by atoms with Crippen LogP contribution in [0, 0.1) is 0 Å². The van der Waals surface area contributed by atoms with Crippen molar-refractivity contribution in [2.75, 3.05) is 0 Å². The van der Waals surface area contributed by atoms with Gasteiger partial charge in [0.25, 0.3) is 0 Å². The predicted octanol–water partition coefficient (Wildman–Crippen LogP) is 4.78. The molecule has 0 aliphatic carbocycles. The molecule has 3 aromatic carbocycles. The molecule has 6 heteroatoms. The van der Waals surface area contributed by atoms with Crippen molar-refractivity contribution >= 4 is 5.78 Å². The summed E-state index contributed by atoms with van der Waals surface area (Å²) in [7, 11) is 0. The standard InChI is InChI=1S/C25H22N2O4/c1-2-20-24(16-7-11-18(28)12-8-16)26-27(25(20)17-9-13-19(29)14-10-17)15-23(31)21-5-3-4-6-22(21)30/h3-14,28-30H,2,15H2,1H3. The van der Waals surface area contributed by atoms with Gasteiger partial charge in [-0.1, -0.05) is 19.1 Å². The number of carbonyl (C=O) groups excluding carboxylic acids is 1. The molecule has 0 bridgehead atoms. The number of aromatic hydroxyl groups is 3. The van der Waals surface area contributed by atoms with Gasteiger partial charge in [0.05, 0.1) is 17.0 Å². The zero-order valence-corrected chi connectivity index (χ0v) is 17.0. The zero-order chi connectivity index (χ0) is 22.0. The van der Waals surface area contributed by atoms with Crippen LogP contribution in [0.15, 0.2) is 72.8 Å². The van der Waals surface area contributed by atoms with Crippen molar-refractivity contribution < 1.29 is 20.1 Å². The normalized spacial score (nSPS) is 10.9. The van der Waals surface area contributed by atoms with Crippen molar-refractivity contribution in [3.63, 3.8) is 0 Å². The molecule has 4 aromatic rings. The second kappa shape index (κ2) is 8.36. The van der Waals surface area contributed by atoms with Gasteiger partial charge in [-0.05, 0) is 67.1 Å². The number of benzene rings is 3. The monoisotopic (exact) mass is 414 g/mol. The Kier molecular flexibility index (Phi) is 5.45. The number of hydrogen-bond acceptors (Lipinski definition) is 5. The minimum atomic E-state index is -0.263. The molecular formula is C25H22N2O4. The SMILES string of the molecule is CCc1c(-c2ccc(O)cc2)nn(CC(=O)c2ccccc2O)c1-c1ccc(O)cc1. The molecule has 0 aliphatic heterocycles. The number of para-hydroxylation sites is 1. The third kappa shape index (κ3) is 4.00. The van der Waals surface area contributed by atoms with E-state index in [2.05, 4.69) is 0 Å². The van der Waals surface area contributed by atoms with E-state index in [0.29, 0.717) is 6.42 Å². The molecule has 0 atom stereocenters. The molecule has 0 saturated carbocycles. The van der Waals surface area contributed by atoms with Crippen LogP contribution in [0.25, 0.3) is 22.5 Å². The fourth-order valence-electron chi connectivity index (χ4n) is 3.67. The van der Waals surface area contributed by atoms with Crippen LogP contribution in [-0.4, -0.2) is 30.9 Å². The Labute approximate surface area is 179 Å². The van der Waals surface area contributed by atoms with Crippen LogP contribution in [-0.2, 0) is 13.0 Å². The van der Waals surface area contributed by atoms with Gasteiger partial charge in [0, 0.05) is 16.7 Å². The number of aromatic nitrogens is 2. The van der Waals surface area contributed by atoms with E-state index in [-0.39, 0.29) is 35.1 Å². The third-order valence-corrected chi connectivity index (χ3v) is 5.18. The summed E-state index contributed by atoms with van der Waals surface area (Å²) in [6.45, 7) is 1.96. The summed E-state index contributed by atoms with van der Waals surface area (Å²) in [6, 6.07) is 20.0. The Hall–Kier alpha value is -4.06. The van der Waals surface area contributed by atoms with Gasteiger partial charge in [0.15, 0.2) is 5.78 Å². The molecule has 0 saturated heterocycles. The number of nitrogens with zero attached hydrogens (tertiary/aromatic N) is 2. The third-order valence-electron chi connectivity index (χ3n) is 5.18. The summed E-state index contributed by atoms with van der Waals surface area (Å²) in [5, 5.41) is 34.2. The van der Waals surface area contributed by atoms with E-state index >= 15 is 0 Å². The highest BCUT2D eigenvalue weighted by atomic mass is 16.3. The maximum absolute atomic E-state index is 13.0. The lowest BCUT2D eigenvalue weighted by Crippen LogP contribution is -2.13. The highest BCUT2D eigenvalue weighted by Gasteiger charge is 2.22. The lowest BCUT2D eigenvalue weighted by atomic mass is 9.99. The second-order valence-corrected chi connectivity index (χ2v) is 7.22. The van der Waals surface area contributed by atoms with Crippen LogP contribution in [0.1, 0.15) is 22.8 Å². The number of Topliss-reactive ketones (excluding diaryl/α,β-unsaturated/α-hetero) is 1. The van der Waals surface area contributed by atoms with Gasteiger partial charge in [-0.15, -0.1) is 0 Å². The summed E-state index contributed by atoms with van der Waals surface area (Å²) < 4.78 is 1.64. The highest BCUT2D eigenvalue weighted by molar-refractivity contribution is 5.98. The van der Waals surface area contributed by atoms with E-state index < -0.39 is 0 Å². The minimum Gasteiger partial charge on any atom is -0.508 e. The topological polar surface area (TPSA) is 95.6 Å². The lowest BCUT2D eigenvalue weighted by Gasteiger charge is -2.10. The van der Waals surface area contributed by atoms with Gasteiger partial charge < -0.3 is 15.3 Å². The first-order valence-electron chi connectivity index (χ1n) is 9.97. The first-order chi connectivity index (χ1) is 15.0. The number of phenolic OH excluding ortho intramolecular Hbond substituents is 3. The molecule has 6 nitrogen and oxygen atoms in total. The van der Waals surface area contributed by atoms with Crippen molar-refractivity contribution in [2.24, 2.45) is 0 Å². The first-order valence-corrected chi connectivity index (χ1v) is 9.97. The average molecular weight is 414 g/mol. The van der Waals surface area contributed by atoms with Crippen molar-refractivity contribution in [3.05, 3.63) is 83.9 Å². The van der Waals surface area contributed by atoms with E-state index in [1.165, 1.54) is 6.07 Å². The van der Waals surface area contributed by atoms with E-state index in [4.69, 9.17) is 5.10 Å².